The van der Waals surface area contributed by atoms with Gasteiger partial charge in [-0.05, 0) is 23.8 Å². The van der Waals surface area contributed by atoms with Crippen LogP contribution in [0.2, 0.25) is 0 Å². The summed E-state index contributed by atoms with van der Waals surface area (Å²) in [6.45, 7) is 0. The molecule has 4 rings (SSSR count). The molecule has 0 spiro atoms. The molecule has 0 aliphatic rings. The second-order valence-corrected chi connectivity index (χ2v) is 6.06. The zero-order valence-electron chi connectivity index (χ0n) is 15.4. The van der Waals surface area contributed by atoms with Crippen molar-refractivity contribution in [1.82, 2.24) is 19.9 Å². The number of methoxy groups -OCH3 is 2. The molecule has 2 aromatic heterocycles. The van der Waals surface area contributed by atoms with Crippen molar-refractivity contribution in [2.45, 2.75) is 0 Å². The zero-order valence-corrected chi connectivity index (χ0v) is 15.4. The quantitative estimate of drug-likeness (QED) is 0.558. The van der Waals surface area contributed by atoms with E-state index in [-0.39, 0.29) is 5.56 Å². The molecule has 0 saturated heterocycles. The second kappa shape index (κ2) is 7.40. The molecule has 0 aliphatic heterocycles. The summed E-state index contributed by atoms with van der Waals surface area (Å²) in [7, 11) is 3.06. The van der Waals surface area contributed by atoms with Gasteiger partial charge < -0.3 is 19.4 Å². The number of fused-ring (bicyclic) bond motifs is 1. The van der Waals surface area contributed by atoms with E-state index < -0.39 is 0 Å². The summed E-state index contributed by atoms with van der Waals surface area (Å²) in [6, 6.07) is 13.2. The minimum Gasteiger partial charge on any atom is -0.493 e. The summed E-state index contributed by atoms with van der Waals surface area (Å²) in [6.07, 6.45) is 5.23. The Balaban J connectivity index is 1.66. The van der Waals surface area contributed by atoms with Gasteiger partial charge in [-0.2, -0.15) is 0 Å². The molecule has 2 N–H and O–H groups in total. The van der Waals surface area contributed by atoms with Crippen molar-refractivity contribution in [2.75, 3.05) is 14.2 Å². The van der Waals surface area contributed by atoms with Gasteiger partial charge in [0.1, 0.15) is 11.6 Å². The smallest absolute Gasteiger partial charge is 0.259 e. The molecule has 140 valence electrons. The third kappa shape index (κ3) is 3.37. The minimum absolute atomic E-state index is 0.255. The third-order valence-corrected chi connectivity index (χ3v) is 4.31. The highest BCUT2D eigenvalue weighted by molar-refractivity contribution is 5.83. The summed E-state index contributed by atoms with van der Waals surface area (Å²) >= 11 is 0. The average molecular weight is 374 g/mol. The molecule has 0 bridgehead atoms. The zero-order chi connectivity index (χ0) is 19.5. The van der Waals surface area contributed by atoms with Crippen LogP contribution in [-0.4, -0.2) is 34.2 Å². The molecule has 0 atom stereocenters. The van der Waals surface area contributed by atoms with E-state index in [1.165, 1.54) is 7.11 Å². The highest BCUT2D eigenvalue weighted by atomic mass is 16.5. The predicted molar refractivity (Wildman–Crippen MR) is 108 cm³/mol. The van der Waals surface area contributed by atoms with Crippen molar-refractivity contribution in [3.63, 3.8) is 0 Å². The van der Waals surface area contributed by atoms with E-state index in [2.05, 4.69) is 19.9 Å². The van der Waals surface area contributed by atoms with E-state index in [1.54, 1.807) is 37.6 Å². The number of ether oxygens (including phenoxy) is 2. The summed E-state index contributed by atoms with van der Waals surface area (Å²) in [5, 5.41) is 0.430. The van der Waals surface area contributed by atoms with Gasteiger partial charge in [-0.15, -0.1) is 0 Å². The first-order valence-electron chi connectivity index (χ1n) is 8.62. The molecular weight excluding hydrogens is 356 g/mol. The largest absolute Gasteiger partial charge is 0.493 e. The number of nitrogens with one attached hydrogen (secondary N) is 2. The minimum atomic E-state index is -0.255. The monoisotopic (exact) mass is 374 g/mol. The fourth-order valence-electron chi connectivity index (χ4n) is 2.91. The number of hydrogen-bond acceptors (Lipinski definition) is 5. The van der Waals surface area contributed by atoms with Gasteiger partial charge in [0.25, 0.3) is 5.56 Å². The van der Waals surface area contributed by atoms with Crippen LogP contribution in [0.3, 0.4) is 0 Å². The fraction of sp³-hybridized carbons (Fsp3) is 0.0952. The van der Waals surface area contributed by atoms with Gasteiger partial charge in [0.15, 0.2) is 11.5 Å². The van der Waals surface area contributed by atoms with E-state index in [0.29, 0.717) is 34.1 Å². The molecule has 7 nitrogen and oxygen atoms in total. The number of aromatic amines is 2. The van der Waals surface area contributed by atoms with Gasteiger partial charge >= 0.3 is 0 Å². The van der Waals surface area contributed by atoms with Crippen molar-refractivity contribution < 1.29 is 9.47 Å². The summed E-state index contributed by atoms with van der Waals surface area (Å²) < 4.78 is 10.5. The van der Waals surface area contributed by atoms with E-state index >= 15 is 0 Å². The maximum absolute atomic E-state index is 12.4. The SMILES string of the molecule is COc1cc2nc(/C=C/c3ncc(-c4ccccc4)[nH]3)[nH]c(=O)c2cc1OC. The Morgan fingerprint density at radius 1 is 0.929 bits per heavy atom. The van der Waals surface area contributed by atoms with Gasteiger partial charge in [0.05, 0.1) is 37.0 Å². The van der Waals surface area contributed by atoms with Crippen LogP contribution in [-0.2, 0) is 0 Å². The highest BCUT2D eigenvalue weighted by Gasteiger charge is 2.10. The Bertz CT molecular complexity index is 1210. The lowest BCUT2D eigenvalue weighted by Gasteiger charge is -2.08. The lowest BCUT2D eigenvalue weighted by molar-refractivity contribution is 0.355. The predicted octanol–water partition coefficient (Wildman–Crippen LogP) is 3.50. The number of H-pyrrole nitrogens is 2. The molecule has 28 heavy (non-hydrogen) atoms. The second-order valence-electron chi connectivity index (χ2n) is 6.06. The Labute approximate surface area is 160 Å². The van der Waals surface area contributed by atoms with Crippen LogP contribution in [0.25, 0.3) is 34.3 Å². The molecule has 0 fully saturated rings. The Kier molecular flexibility index (Phi) is 4.63. The van der Waals surface area contributed by atoms with E-state index in [0.717, 1.165) is 11.3 Å². The first-order chi connectivity index (χ1) is 13.7. The number of aromatic nitrogens is 4. The molecule has 2 heterocycles. The fourth-order valence-corrected chi connectivity index (χ4v) is 2.91. The van der Waals surface area contributed by atoms with Crippen molar-refractivity contribution in [2.24, 2.45) is 0 Å². The van der Waals surface area contributed by atoms with Crippen molar-refractivity contribution in [3.8, 4) is 22.8 Å². The van der Waals surface area contributed by atoms with Crippen molar-refractivity contribution in [1.29, 1.82) is 0 Å². The van der Waals surface area contributed by atoms with Crippen LogP contribution < -0.4 is 15.0 Å². The molecular formula is C21H18N4O3. The number of imidazole rings is 1. The first-order valence-corrected chi connectivity index (χ1v) is 8.62. The van der Waals surface area contributed by atoms with Gasteiger partial charge in [0, 0.05) is 6.07 Å². The van der Waals surface area contributed by atoms with Crippen LogP contribution in [0.5, 0.6) is 11.5 Å². The number of rotatable bonds is 5. The summed E-state index contributed by atoms with van der Waals surface area (Å²) in [4.78, 5) is 27.2. The van der Waals surface area contributed by atoms with Crippen LogP contribution in [0.15, 0.2) is 53.5 Å². The normalized spacial score (nSPS) is 11.2. The van der Waals surface area contributed by atoms with E-state index in [1.807, 2.05) is 30.3 Å². The Hall–Kier alpha value is -3.87. The Morgan fingerprint density at radius 3 is 2.39 bits per heavy atom. The standard InChI is InChI=1S/C21H18N4O3/c1-27-17-10-14-15(11-18(17)28-2)23-20(25-21(14)26)9-8-19-22-12-16(24-19)13-6-4-3-5-7-13/h3-12H,1-2H3,(H,22,24)(H,23,25,26)/b9-8+. The maximum atomic E-state index is 12.4. The summed E-state index contributed by atoms with van der Waals surface area (Å²) in [5.74, 6) is 2.08. The third-order valence-electron chi connectivity index (χ3n) is 4.31. The van der Waals surface area contributed by atoms with Gasteiger partial charge in [-0.1, -0.05) is 30.3 Å². The van der Waals surface area contributed by atoms with Crippen LogP contribution in [0, 0.1) is 0 Å². The number of nitrogens with zero attached hydrogens (tertiary/aromatic N) is 2. The Morgan fingerprint density at radius 2 is 1.64 bits per heavy atom. The lowest BCUT2D eigenvalue weighted by atomic mass is 10.2. The van der Waals surface area contributed by atoms with Crippen LogP contribution in [0.4, 0.5) is 0 Å². The molecule has 0 radical (unpaired) electrons. The number of benzene rings is 2. The van der Waals surface area contributed by atoms with Crippen LogP contribution in [0.1, 0.15) is 11.6 Å². The topological polar surface area (TPSA) is 92.9 Å². The molecule has 4 aromatic rings. The van der Waals surface area contributed by atoms with Gasteiger partial charge in [-0.3, -0.25) is 4.79 Å². The molecule has 0 amide bonds. The highest BCUT2D eigenvalue weighted by Crippen LogP contribution is 2.30. The van der Waals surface area contributed by atoms with Crippen LogP contribution >= 0.6 is 0 Å². The molecule has 0 unspecified atom stereocenters. The molecule has 2 aromatic carbocycles. The molecule has 0 aliphatic carbocycles. The molecule has 0 saturated carbocycles. The lowest BCUT2D eigenvalue weighted by Crippen LogP contribution is -2.10. The van der Waals surface area contributed by atoms with E-state index in [9.17, 15) is 4.79 Å². The summed E-state index contributed by atoms with van der Waals surface area (Å²) in [5.41, 5.74) is 2.23. The van der Waals surface area contributed by atoms with Gasteiger partial charge in [-0.25, -0.2) is 9.97 Å². The average Bonchev–Trinajstić information content (AvgIpc) is 3.21. The van der Waals surface area contributed by atoms with Crippen molar-refractivity contribution >= 4 is 23.1 Å². The van der Waals surface area contributed by atoms with E-state index in [4.69, 9.17) is 9.47 Å². The molecule has 7 heteroatoms. The first kappa shape index (κ1) is 17.5. The number of hydrogen-bond donors (Lipinski definition) is 2. The van der Waals surface area contributed by atoms with Crippen molar-refractivity contribution in [3.05, 3.63) is 70.7 Å². The van der Waals surface area contributed by atoms with Gasteiger partial charge in [0.2, 0.25) is 0 Å². The maximum Gasteiger partial charge on any atom is 0.259 e.